The van der Waals surface area contributed by atoms with Crippen LogP contribution in [0.4, 0.5) is 0 Å². The molecule has 0 bridgehead atoms. The smallest absolute Gasteiger partial charge is 0.306 e. The number of ether oxygens (including phenoxy) is 2. The van der Waals surface area contributed by atoms with Crippen LogP contribution in [0.3, 0.4) is 0 Å². The van der Waals surface area contributed by atoms with Gasteiger partial charge < -0.3 is 27.9 Å². The van der Waals surface area contributed by atoms with Gasteiger partial charge in [-0.2, -0.15) is 0 Å². The van der Waals surface area contributed by atoms with Gasteiger partial charge in [-0.25, -0.2) is 0 Å². The highest BCUT2D eigenvalue weighted by Gasteiger charge is 2.22. The highest BCUT2D eigenvalue weighted by atomic mass is 31.2. The summed E-state index contributed by atoms with van der Waals surface area (Å²) in [6, 6.07) is 0. The van der Waals surface area contributed by atoms with Crippen LogP contribution in [0.25, 0.3) is 0 Å². The van der Waals surface area contributed by atoms with E-state index in [1.807, 2.05) is 21.1 Å². The molecule has 472 valence electrons. The van der Waals surface area contributed by atoms with Crippen molar-refractivity contribution in [2.75, 3.05) is 47.5 Å². The van der Waals surface area contributed by atoms with Gasteiger partial charge in [0.1, 0.15) is 19.8 Å². The van der Waals surface area contributed by atoms with E-state index in [-0.39, 0.29) is 32.0 Å². The summed E-state index contributed by atoms with van der Waals surface area (Å²) in [6.07, 6.45) is 87.2. The van der Waals surface area contributed by atoms with Crippen molar-refractivity contribution in [3.8, 4) is 0 Å². The number of phosphoric acid groups is 1. The molecular weight excluding hydrogens is 1040 g/mol. The number of carbonyl (C=O) groups excluding carboxylic acids is 2. The quantitative estimate of drug-likeness (QED) is 0.0195. The molecule has 0 fully saturated rings. The van der Waals surface area contributed by atoms with Crippen molar-refractivity contribution in [3.63, 3.8) is 0 Å². The standard InChI is InChI=1S/C72H126NO8P/c1-6-8-10-12-14-16-18-20-22-24-26-28-30-31-32-33-34-35-36-37-38-39-40-41-43-45-47-49-51-53-55-57-59-61-63-65-72(75)81-70(69-80-82(76,77)79-67-66-73(3,4)5)68-78-71(74)64-62-60-58-56-54-52-50-48-46-44-42-29-27-25-23-21-19-17-15-13-11-9-7-2/h8,10,14,16,19-22,25-28,31-32,34-35,37-38,70H,6-7,9,11-13,15,17-18,23-24,29-30,33,36,39-69H2,1-5H3/b10-8-,16-14-,21-19-,22-20-,27-25-,28-26-,32-31-,35-34-,38-37-. The summed E-state index contributed by atoms with van der Waals surface area (Å²) >= 11 is 0. The predicted octanol–water partition coefficient (Wildman–Crippen LogP) is 21.1. The number of unbranched alkanes of at least 4 members (excludes halogenated alkanes) is 29. The third-order valence-electron chi connectivity index (χ3n) is 14.3. The molecule has 0 radical (unpaired) electrons. The van der Waals surface area contributed by atoms with Gasteiger partial charge in [0.05, 0.1) is 27.7 Å². The first-order valence-electron chi connectivity index (χ1n) is 33.6. The van der Waals surface area contributed by atoms with E-state index in [1.54, 1.807) is 0 Å². The van der Waals surface area contributed by atoms with E-state index in [9.17, 15) is 19.0 Å². The van der Waals surface area contributed by atoms with Gasteiger partial charge in [-0.1, -0.05) is 277 Å². The fourth-order valence-corrected chi connectivity index (χ4v) is 9.87. The van der Waals surface area contributed by atoms with Crippen molar-refractivity contribution in [2.45, 2.75) is 290 Å². The van der Waals surface area contributed by atoms with Crippen LogP contribution < -0.4 is 4.89 Å². The number of quaternary nitrogens is 1. The fourth-order valence-electron chi connectivity index (χ4n) is 9.14. The summed E-state index contributed by atoms with van der Waals surface area (Å²) in [5.74, 6) is -0.834. The first kappa shape index (κ1) is 78.7. The Morgan fingerprint density at radius 3 is 1.04 bits per heavy atom. The lowest BCUT2D eigenvalue weighted by molar-refractivity contribution is -0.870. The average molecular weight is 1160 g/mol. The minimum Gasteiger partial charge on any atom is -0.756 e. The van der Waals surface area contributed by atoms with Gasteiger partial charge in [0.2, 0.25) is 0 Å². The maximum atomic E-state index is 12.9. The summed E-state index contributed by atoms with van der Waals surface area (Å²) in [5.41, 5.74) is 0. The predicted molar refractivity (Wildman–Crippen MR) is 351 cm³/mol. The highest BCUT2D eigenvalue weighted by Crippen LogP contribution is 2.38. The Morgan fingerprint density at radius 2 is 0.695 bits per heavy atom. The molecule has 9 nitrogen and oxygen atoms in total. The molecule has 0 aromatic carbocycles. The molecule has 0 saturated heterocycles. The number of hydrogen-bond donors (Lipinski definition) is 0. The van der Waals surface area contributed by atoms with Gasteiger partial charge >= 0.3 is 11.9 Å². The minimum atomic E-state index is -4.65. The van der Waals surface area contributed by atoms with Gasteiger partial charge in [0, 0.05) is 12.8 Å². The summed E-state index contributed by atoms with van der Waals surface area (Å²) in [5, 5.41) is 0. The Labute approximate surface area is 506 Å². The summed E-state index contributed by atoms with van der Waals surface area (Å²) in [6.45, 7) is 4.13. The zero-order chi connectivity index (χ0) is 59.8. The monoisotopic (exact) mass is 1160 g/mol. The number of hydrogen-bond acceptors (Lipinski definition) is 8. The molecule has 0 aliphatic carbocycles. The lowest BCUT2D eigenvalue weighted by Gasteiger charge is -2.28. The van der Waals surface area contributed by atoms with E-state index in [0.29, 0.717) is 17.4 Å². The molecule has 0 aliphatic heterocycles. The third-order valence-corrected chi connectivity index (χ3v) is 15.2. The second-order valence-corrected chi connectivity index (χ2v) is 24.9. The molecule has 0 aromatic rings. The maximum Gasteiger partial charge on any atom is 0.306 e. The molecule has 0 spiro atoms. The van der Waals surface area contributed by atoms with Gasteiger partial charge in [0.25, 0.3) is 7.82 Å². The minimum absolute atomic E-state index is 0.0349. The second kappa shape index (κ2) is 62.2. The first-order valence-corrected chi connectivity index (χ1v) is 35.1. The van der Waals surface area contributed by atoms with Gasteiger partial charge in [-0.15, -0.1) is 0 Å². The molecule has 0 rings (SSSR count). The van der Waals surface area contributed by atoms with Crippen molar-refractivity contribution < 1.29 is 42.1 Å². The van der Waals surface area contributed by atoms with Crippen molar-refractivity contribution in [3.05, 3.63) is 109 Å². The van der Waals surface area contributed by atoms with E-state index in [0.717, 1.165) is 89.9 Å². The van der Waals surface area contributed by atoms with Crippen LogP contribution in [-0.2, 0) is 32.7 Å². The average Bonchev–Trinajstić information content (AvgIpc) is 3.45. The van der Waals surface area contributed by atoms with Crippen LogP contribution in [0.2, 0.25) is 0 Å². The number of phosphoric ester groups is 1. The van der Waals surface area contributed by atoms with Crippen LogP contribution in [-0.4, -0.2) is 70.0 Å². The van der Waals surface area contributed by atoms with E-state index < -0.39 is 26.5 Å². The summed E-state index contributed by atoms with van der Waals surface area (Å²) < 4.78 is 34.3. The fraction of sp³-hybridized carbons (Fsp3) is 0.722. The van der Waals surface area contributed by atoms with Gasteiger partial charge in [0.15, 0.2) is 6.10 Å². The molecule has 0 heterocycles. The third kappa shape index (κ3) is 65.8. The van der Waals surface area contributed by atoms with E-state index >= 15 is 0 Å². The van der Waals surface area contributed by atoms with Crippen LogP contribution in [0.1, 0.15) is 284 Å². The number of allylic oxidation sites excluding steroid dienone is 18. The largest absolute Gasteiger partial charge is 0.756 e. The molecular formula is C72H126NO8P. The molecule has 82 heavy (non-hydrogen) atoms. The van der Waals surface area contributed by atoms with Gasteiger partial charge in [-0.3, -0.25) is 14.2 Å². The molecule has 0 N–H and O–H groups in total. The lowest BCUT2D eigenvalue weighted by atomic mass is 10.0. The Bertz CT molecular complexity index is 1750. The second-order valence-electron chi connectivity index (χ2n) is 23.5. The van der Waals surface area contributed by atoms with Crippen molar-refractivity contribution in [1.29, 1.82) is 0 Å². The molecule has 0 saturated carbocycles. The zero-order valence-corrected chi connectivity index (χ0v) is 54.6. The highest BCUT2D eigenvalue weighted by molar-refractivity contribution is 7.45. The first-order chi connectivity index (χ1) is 40.0. The van der Waals surface area contributed by atoms with Crippen LogP contribution in [0.15, 0.2) is 109 Å². The van der Waals surface area contributed by atoms with E-state index in [4.69, 9.17) is 18.5 Å². The summed E-state index contributed by atoms with van der Waals surface area (Å²) in [4.78, 5) is 38.0. The van der Waals surface area contributed by atoms with E-state index in [1.165, 1.54) is 161 Å². The van der Waals surface area contributed by atoms with Crippen LogP contribution >= 0.6 is 7.82 Å². The molecule has 10 heteroatoms. The normalized spacial score (nSPS) is 13.9. The van der Waals surface area contributed by atoms with Crippen molar-refractivity contribution in [1.82, 2.24) is 0 Å². The number of carbonyl (C=O) groups is 2. The molecule has 0 aromatic heterocycles. The lowest BCUT2D eigenvalue weighted by Crippen LogP contribution is -2.37. The topological polar surface area (TPSA) is 111 Å². The molecule has 0 amide bonds. The van der Waals surface area contributed by atoms with Gasteiger partial charge in [-0.05, 0) is 103 Å². The van der Waals surface area contributed by atoms with Crippen LogP contribution in [0.5, 0.6) is 0 Å². The zero-order valence-electron chi connectivity index (χ0n) is 53.7. The molecule has 0 aliphatic rings. The number of esters is 2. The number of nitrogens with zero attached hydrogens (tertiary/aromatic N) is 1. The van der Waals surface area contributed by atoms with Crippen molar-refractivity contribution >= 4 is 19.8 Å². The Kier molecular flexibility index (Phi) is 59.7. The van der Waals surface area contributed by atoms with Crippen LogP contribution in [0, 0.1) is 0 Å². The Balaban J connectivity index is 4.09. The SMILES string of the molecule is CC/C=C\C/C=C\C/C=C\C/C=C\C/C=C\C/C=C\C/C=C\CCCCCCCCCCCCCCCC(=O)OC(COC(=O)CCCCCCCCCCCCC/C=C\C/C=C\CCCCCCC)COP(=O)([O-])OCC[N+](C)(C)C. The molecule has 2 unspecified atom stereocenters. The number of rotatable bonds is 61. The summed E-state index contributed by atoms with van der Waals surface area (Å²) in [7, 11) is 1.16. The van der Waals surface area contributed by atoms with E-state index in [2.05, 4.69) is 123 Å². The number of likely N-dealkylation sites (N-methyl/N-ethyl adjacent to an activating group) is 1. The maximum absolute atomic E-state index is 12.9. The van der Waals surface area contributed by atoms with Crippen molar-refractivity contribution in [2.24, 2.45) is 0 Å². The Morgan fingerprint density at radius 1 is 0.390 bits per heavy atom. The Hall–Kier alpha value is -3.33. The molecule has 2 atom stereocenters.